The number of aromatic nitrogens is 3. The third-order valence-electron chi connectivity index (χ3n) is 4.98. The average Bonchev–Trinajstić information content (AvgIpc) is 3.30. The normalized spacial score (nSPS) is 11.3. The number of carbonyl (C=O) groups is 1. The fourth-order valence-electron chi connectivity index (χ4n) is 3.34. The molecule has 7 heteroatoms. The lowest BCUT2D eigenvalue weighted by Crippen LogP contribution is -2.11. The highest BCUT2D eigenvalue weighted by molar-refractivity contribution is 7.21. The van der Waals surface area contributed by atoms with Gasteiger partial charge in [0.1, 0.15) is 15.9 Å². The molecule has 5 aromatic rings. The van der Waals surface area contributed by atoms with Crippen molar-refractivity contribution in [2.24, 2.45) is 0 Å². The molecular weight excluding hydrogens is 416 g/mol. The van der Waals surface area contributed by atoms with E-state index in [0.29, 0.717) is 21.1 Å². The number of carbonyl (C=O) groups excluding carboxylic acids is 1. The molecule has 2 aromatic heterocycles. The van der Waals surface area contributed by atoms with Gasteiger partial charge in [0.15, 0.2) is 0 Å². The number of nitrogens with zero attached hydrogens (tertiary/aromatic N) is 3. The number of hydrogen-bond donors (Lipinski definition) is 1. The van der Waals surface area contributed by atoms with E-state index in [2.05, 4.69) is 15.5 Å². The second-order valence-corrected chi connectivity index (χ2v) is 8.61. The molecule has 0 aliphatic heterocycles. The number of thiophene rings is 1. The molecule has 5 nitrogen and oxygen atoms in total. The first-order valence-electron chi connectivity index (χ1n) is 9.43. The smallest absolute Gasteiger partial charge is 0.267 e. The standard InChI is InChI=1S/C23H17ClN4OS/c1-13-7-9-15(10-8-13)28-26-18-11-14(2)17(12-19(18)27-28)25-23(29)22-21(24)16-5-3-4-6-20(16)30-22/h3-12H,1-2H3,(H,25,29). The third-order valence-corrected chi connectivity index (χ3v) is 6.65. The van der Waals surface area contributed by atoms with E-state index in [9.17, 15) is 4.79 Å². The SMILES string of the molecule is Cc1ccc(-n2nc3cc(C)c(NC(=O)c4sc5ccccc5c4Cl)cc3n2)cc1. The maximum atomic E-state index is 12.9. The second kappa shape index (κ2) is 7.23. The molecule has 0 atom stereocenters. The van der Waals surface area contributed by atoms with Crippen molar-refractivity contribution in [3.05, 3.63) is 81.7 Å². The summed E-state index contributed by atoms with van der Waals surface area (Å²) in [5.41, 5.74) is 5.14. The minimum atomic E-state index is -0.227. The lowest BCUT2D eigenvalue weighted by Gasteiger charge is -2.07. The zero-order valence-electron chi connectivity index (χ0n) is 16.3. The number of anilines is 1. The van der Waals surface area contributed by atoms with Crippen molar-refractivity contribution in [1.29, 1.82) is 0 Å². The van der Waals surface area contributed by atoms with Crippen molar-refractivity contribution in [3.63, 3.8) is 0 Å². The van der Waals surface area contributed by atoms with E-state index in [4.69, 9.17) is 11.6 Å². The molecule has 1 amide bonds. The number of aryl methyl sites for hydroxylation is 2. The molecule has 0 unspecified atom stereocenters. The summed E-state index contributed by atoms with van der Waals surface area (Å²) in [5.74, 6) is -0.227. The van der Waals surface area contributed by atoms with Gasteiger partial charge in [0.2, 0.25) is 0 Å². The van der Waals surface area contributed by atoms with Crippen LogP contribution in [0.4, 0.5) is 5.69 Å². The van der Waals surface area contributed by atoms with Crippen molar-refractivity contribution in [2.45, 2.75) is 13.8 Å². The summed E-state index contributed by atoms with van der Waals surface area (Å²) in [5, 5.41) is 13.5. The summed E-state index contributed by atoms with van der Waals surface area (Å²) in [7, 11) is 0. The molecule has 1 N–H and O–H groups in total. The second-order valence-electron chi connectivity index (χ2n) is 7.18. The van der Waals surface area contributed by atoms with Crippen LogP contribution in [0.2, 0.25) is 5.02 Å². The van der Waals surface area contributed by atoms with Gasteiger partial charge in [0.25, 0.3) is 5.91 Å². The van der Waals surface area contributed by atoms with E-state index in [1.54, 1.807) is 4.80 Å². The Hall–Kier alpha value is -3.22. The van der Waals surface area contributed by atoms with Crippen LogP contribution < -0.4 is 5.32 Å². The van der Waals surface area contributed by atoms with Crippen LogP contribution in [-0.4, -0.2) is 20.9 Å². The van der Waals surface area contributed by atoms with Crippen LogP contribution in [0.3, 0.4) is 0 Å². The molecule has 0 aliphatic carbocycles. The van der Waals surface area contributed by atoms with Gasteiger partial charge in [-0.05, 0) is 49.7 Å². The molecule has 0 aliphatic rings. The van der Waals surface area contributed by atoms with E-state index in [0.717, 1.165) is 26.9 Å². The summed E-state index contributed by atoms with van der Waals surface area (Å²) in [6, 6.07) is 19.5. The first-order chi connectivity index (χ1) is 14.5. The predicted molar refractivity (Wildman–Crippen MR) is 123 cm³/mol. The number of benzene rings is 3. The van der Waals surface area contributed by atoms with Crippen LogP contribution in [0.25, 0.3) is 26.8 Å². The maximum Gasteiger partial charge on any atom is 0.267 e. The number of halogens is 1. The van der Waals surface area contributed by atoms with Crippen LogP contribution in [-0.2, 0) is 0 Å². The Morgan fingerprint density at radius 2 is 1.70 bits per heavy atom. The molecule has 148 valence electrons. The number of nitrogens with one attached hydrogen (secondary N) is 1. The molecule has 0 saturated heterocycles. The largest absolute Gasteiger partial charge is 0.321 e. The van der Waals surface area contributed by atoms with Gasteiger partial charge in [-0.2, -0.15) is 4.80 Å². The highest BCUT2D eigenvalue weighted by atomic mass is 35.5. The van der Waals surface area contributed by atoms with Crippen molar-refractivity contribution in [2.75, 3.05) is 5.32 Å². The third kappa shape index (κ3) is 3.24. The zero-order valence-corrected chi connectivity index (χ0v) is 17.9. The zero-order chi connectivity index (χ0) is 20.8. The van der Waals surface area contributed by atoms with E-state index in [-0.39, 0.29) is 5.91 Å². The number of fused-ring (bicyclic) bond motifs is 2. The molecule has 3 aromatic carbocycles. The highest BCUT2D eigenvalue weighted by Gasteiger charge is 2.18. The van der Waals surface area contributed by atoms with Crippen LogP contribution in [0.15, 0.2) is 60.7 Å². The van der Waals surface area contributed by atoms with Crippen LogP contribution in [0, 0.1) is 13.8 Å². The van der Waals surface area contributed by atoms with Gasteiger partial charge in [-0.1, -0.05) is 47.5 Å². The molecular formula is C23H17ClN4OS. The summed E-state index contributed by atoms with van der Waals surface area (Å²) in [6.45, 7) is 3.98. The molecule has 5 rings (SSSR count). The fourth-order valence-corrected chi connectivity index (χ4v) is 4.75. The molecule has 30 heavy (non-hydrogen) atoms. The molecule has 2 heterocycles. The molecule has 0 bridgehead atoms. The summed E-state index contributed by atoms with van der Waals surface area (Å²) < 4.78 is 0.987. The number of rotatable bonds is 3. The summed E-state index contributed by atoms with van der Waals surface area (Å²) in [6.07, 6.45) is 0. The Kier molecular flexibility index (Phi) is 4.53. The first kappa shape index (κ1) is 18.8. The first-order valence-corrected chi connectivity index (χ1v) is 10.6. The maximum absolute atomic E-state index is 12.9. The van der Waals surface area contributed by atoms with E-state index in [1.165, 1.54) is 16.9 Å². The lowest BCUT2D eigenvalue weighted by molar-refractivity contribution is 0.103. The van der Waals surface area contributed by atoms with E-state index in [1.807, 2.05) is 74.5 Å². The summed E-state index contributed by atoms with van der Waals surface area (Å²) >= 11 is 7.85. The van der Waals surface area contributed by atoms with Gasteiger partial charge in [0, 0.05) is 15.8 Å². The summed E-state index contributed by atoms with van der Waals surface area (Å²) in [4.78, 5) is 15.0. The van der Waals surface area contributed by atoms with Gasteiger partial charge in [-0.25, -0.2) is 0 Å². The Morgan fingerprint density at radius 3 is 2.43 bits per heavy atom. The molecule has 0 saturated carbocycles. The Bertz CT molecular complexity index is 1420. The van der Waals surface area contributed by atoms with Crippen molar-refractivity contribution in [3.8, 4) is 5.69 Å². The predicted octanol–water partition coefficient (Wildman–Crippen LogP) is 6.16. The monoisotopic (exact) mass is 432 g/mol. The van der Waals surface area contributed by atoms with Crippen LogP contribution >= 0.6 is 22.9 Å². The number of hydrogen-bond acceptors (Lipinski definition) is 4. The van der Waals surface area contributed by atoms with Gasteiger partial charge < -0.3 is 5.32 Å². The Labute approximate surface area is 181 Å². The van der Waals surface area contributed by atoms with Crippen LogP contribution in [0.1, 0.15) is 20.8 Å². The van der Waals surface area contributed by atoms with Crippen molar-refractivity contribution < 1.29 is 4.79 Å². The molecule has 0 fully saturated rings. The van der Waals surface area contributed by atoms with Gasteiger partial charge in [-0.3, -0.25) is 4.79 Å². The lowest BCUT2D eigenvalue weighted by atomic mass is 10.1. The van der Waals surface area contributed by atoms with Crippen molar-refractivity contribution in [1.82, 2.24) is 15.0 Å². The Balaban J connectivity index is 1.49. The van der Waals surface area contributed by atoms with E-state index < -0.39 is 0 Å². The fraction of sp³-hybridized carbons (Fsp3) is 0.0870. The van der Waals surface area contributed by atoms with Crippen LogP contribution in [0.5, 0.6) is 0 Å². The molecule has 0 radical (unpaired) electrons. The average molecular weight is 433 g/mol. The van der Waals surface area contributed by atoms with Gasteiger partial charge in [-0.15, -0.1) is 21.5 Å². The minimum Gasteiger partial charge on any atom is -0.321 e. The highest BCUT2D eigenvalue weighted by Crippen LogP contribution is 2.36. The topological polar surface area (TPSA) is 59.8 Å². The Morgan fingerprint density at radius 1 is 1.00 bits per heavy atom. The van der Waals surface area contributed by atoms with Gasteiger partial charge >= 0.3 is 0 Å². The van der Waals surface area contributed by atoms with Gasteiger partial charge in [0.05, 0.1) is 10.7 Å². The minimum absolute atomic E-state index is 0.227. The molecule has 0 spiro atoms. The van der Waals surface area contributed by atoms with Crippen molar-refractivity contribution >= 4 is 55.7 Å². The number of amides is 1. The quantitative estimate of drug-likeness (QED) is 0.371. The van der Waals surface area contributed by atoms with E-state index >= 15 is 0 Å².